The average molecular weight is 433 g/mol. The lowest BCUT2D eigenvalue weighted by atomic mass is 9.81. The molecule has 2 heterocycles. The first kappa shape index (κ1) is 19.8. The number of imidazole rings is 1. The second-order valence-corrected chi connectivity index (χ2v) is 8.64. The molecule has 7 heteroatoms. The highest BCUT2D eigenvalue weighted by Gasteiger charge is 2.27. The van der Waals surface area contributed by atoms with Gasteiger partial charge in [-0.05, 0) is 67.0 Å². The first-order chi connectivity index (χ1) is 15.1. The molecule has 5 rings (SSSR count). The first-order valence-corrected chi connectivity index (χ1v) is 11.0. The van der Waals surface area contributed by atoms with Gasteiger partial charge in [0.1, 0.15) is 0 Å². The summed E-state index contributed by atoms with van der Waals surface area (Å²) in [6.45, 7) is 0. The number of nitrogens with one attached hydrogen (secondary N) is 1. The second-order valence-electron chi connectivity index (χ2n) is 8.20. The van der Waals surface area contributed by atoms with E-state index in [1.165, 1.54) is 0 Å². The number of hydrogen-bond acceptors (Lipinski definition) is 5. The zero-order chi connectivity index (χ0) is 21.4. The van der Waals surface area contributed by atoms with Crippen molar-refractivity contribution in [3.63, 3.8) is 0 Å². The smallest absolute Gasteiger partial charge is 0.177 e. The van der Waals surface area contributed by atoms with Gasteiger partial charge in [0, 0.05) is 34.7 Å². The van der Waals surface area contributed by atoms with Crippen LogP contribution in [0.15, 0.2) is 60.9 Å². The molecule has 6 nitrogen and oxygen atoms in total. The van der Waals surface area contributed by atoms with E-state index in [-0.39, 0.29) is 6.04 Å². The number of halogens is 1. The van der Waals surface area contributed by atoms with Crippen LogP contribution in [0, 0.1) is 0 Å². The van der Waals surface area contributed by atoms with Gasteiger partial charge in [-0.1, -0.05) is 35.9 Å². The van der Waals surface area contributed by atoms with Crippen molar-refractivity contribution in [3.8, 4) is 11.1 Å². The molecule has 0 bridgehead atoms. The molecule has 0 spiro atoms. The summed E-state index contributed by atoms with van der Waals surface area (Å²) < 4.78 is 1.73. The van der Waals surface area contributed by atoms with Crippen molar-refractivity contribution in [1.29, 1.82) is 0 Å². The van der Waals surface area contributed by atoms with Gasteiger partial charge in [-0.15, -0.1) is 5.10 Å². The van der Waals surface area contributed by atoms with E-state index in [4.69, 9.17) is 28.2 Å². The van der Waals surface area contributed by atoms with E-state index in [1.807, 2.05) is 36.5 Å². The average Bonchev–Trinajstić information content (AvgIpc) is 3.24. The molecule has 2 aromatic heterocycles. The minimum atomic E-state index is 0.270. The summed E-state index contributed by atoms with van der Waals surface area (Å²) in [5.41, 5.74) is 18.3. The molecule has 4 aromatic rings. The molecule has 1 saturated carbocycles. The van der Waals surface area contributed by atoms with Gasteiger partial charge in [0.15, 0.2) is 11.5 Å². The topological polar surface area (TPSA) is 94.3 Å². The lowest BCUT2D eigenvalue weighted by Gasteiger charge is -2.28. The molecule has 1 aliphatic carbocycles. The van der Waals surface area contributed by atoms with Crippen molar-refractivity contribution in [3.05, 3.63) is 71.5 Å². The van der Waals surface area contributed by atoms with E-state index in [0.29, 0.717) is 22.3 Å². The Morgan fingerprint density at radius 1 is 1.00 bits per heavy atom. The molecule has 31 heavy (non-hydrogen) atoms. The normalized spacial score (nSPS) is 18.9. The van der Waals surface area contributed by atoms with Crippen LogP contribution in [0.25, 0.3) is 16.8 Å². The Hall–Kier alpha value is -3.09. The van der Waals surface area contributed by atoms with Crippen LogP contribution in [0.1, 0.15) is 37.2 Å². The summed E-state index contributed by atoms with van der Waals surface area (Å²) in [4.78, 5) is 4.41. The summed E-state index contributed by atoms with van der Waals surface area (Å²) in [6, 6.07) is 16.3. The third-order valence-corrected chi connectivity index (χ3v) is 6.31. The van der Waals surface area contributed by atoms with Gasteiger partial charge in [-0.25, -0.2) is 9.50 Å². The van der Waals surface area contributed by atoms with Crippen molar-refractivity contribution in [2.75, 3.05) is 11.1 Å². The molecule has 0 amide bonds. The number of anilines is 3. The van der Waals surface area contributed by atoms with Crippen molar-refractivity contribution >= 4 is 34.4 Å². The summed E-state index contributed by atoms with van der Waals surface area (Å²) >= 11 is 6.19. The quantitative estimate of drug-likeness (QED) is 0.403. The third-order valence-electron chi connectivity index (χ3n) is 6.08. The number of benzene rings is 2. The molecular weight excluding hydrogens is 408 g/mol. The summed E-state index contributed by atoms with van der Waals surface area (Å²) in [5.74, 6) is 1.08. The van der Waals surface area contributed by atoms with Crippen LogP contribution in [0.4, 0.5) is 17.2 Å². The number of aromatic nitrogens is 3. The van der Waals surface area contributed by atoms with Crippen LogP contribution >= 0.6 is 11.6 Å². The highest BCUT2D eigenvalue weighted by atomic mass is 35.5. The number of rotatable bonds is 4. The Bertz CT molecular complexity index is 1230. The fourth-order valence-electron chi connectivity index (χ4n) is 4.47. The van der Waals surface area contributed by atoms with E-state index in [1.54, 1.807) is 10.7 Å². The molecule has 5 N–H and O–H groups in total. The fraction of sp³-hybridized carbons (Fsp3) is 0.250. The van der Waals surface area contributed by atoms with E-state index >= 15 is 0 Å². The van der Waals surface area contributed by atoms with Gasteiger partial charge in [-0.3, -0.25) is 0 Å². The summed E-state index contributed by atoms with van der Waals surface area (Å²) in [5, 5.41) is 9.05. The van der Waals surface area contributed by atoms with Gasteiger partial charge in [0.25, 0.3) is 0 Å². The number of nitrogens with zero attached hydrogens (tertiary/aromatic N) is 3. The van der Waals surface area contributed by atoms with Crippen molar-refractivity contribution in [2.24, 2.45) is 5.73 Å². The third kappa shape index (κ3) is 3.96. The number of nitrogen functional groups attached to an aromatic ring is 1. The number of nitrogens with two attached hydrogens (primary N) is 2. The van der Waals surface area contributed by atoms with Gasteiger partial charge >= 0.3 is 0 Å². The number of fused-ring (bicyclic) bond motifs is 1. The molecule has 1 aliphatic rings. The molecule has 0 radical (unpaired) electrons. The molecule has 0 atom stereocenters. The number of hydrogen-bond donors (Lipinski definition) is 3. The maximum atomic E-state index is 6.61. The van der Waals surface area contributed by atoms with Gasteiger partial charge < -0.3 is 16.8 Å². The molecular formula is C24H25ClN6. The van der Waals surface area contributed by atoms with Crippen LogP contribution in [-0.4, -0.2) is 20.6 Å². The fourth-order valence-corrected chi connectivity index (χ4v) is 4.67. The lowest BCUT2D eigenvalue weighted by molar-refractivity contribution is 0.396. The SMILES string of the molecule is Nc1c2nccn2nc(Nc2cccc(-c3cccc(Cl)c3)c2)c1[C@H]1CC[C@H](N)CC1. The predicted molar refractivity (Wildman–Crippen MR) is 127 cm³/mol. The highest BCUT2D eigenvalue weighted by molar-refractivity contribution is 6.30. The van der Waals surface area contributed by atoms with E-state index in [9.17, 15) is 0 Å². The zero-order valence-corrected chi connectivity index (χ0v) is 17.9. The Morgan fingerprint density at radius 3 is 2.52 bits per heavy atom. The van der Waals surface area contributed by atoms with Crippen LogP contribution < -0.4 is 16.8 Å². The molecule has 0 saturated heterocycles. The molecule has 2 aromatic carbocycles. The van der Waals surface area contributed by atoms with Gasteiger partial charge in [-0.2, -0.15) is 0 Å². The minimum absolute atomic E-state index is 0.270. The molecule has 0 aliphatic heterocycles. The van der Waals surface area contributed by atoms with Crippen molar-refractivity contribution in [1.82, 2.24) is 14.6 Å². The van der Waals surface area contributed by atoms with Crippen molar-refractivity contribution in [2.45, 2.75) is 37.6 Å². The maximum absolute atomic E-state index is 6.61. The zero-order valence-electron chi connectivity index (χ0n) is 17.1. The Labute approximate surface area is 186 Å². The molecule has 0 unspecified atom stereocenters. The highest BCUT2D eigenvalue weighted by Crippen LogP contribution is 2.40. The standard InChI is InChI=1S/C24H25ClN6/c25-18-5-1-3-16(13-18)17-4-2-6-20(14-17)29-23-21(15-7-9-19(26)10-8-15)22(27)24-28-11-12-31(24)30-23/h1-6,11-15,19H,7-10,26-27H2,(H,29,30)/t15-,19-. The first-order valence-electron chi connectivity index (χ1n) is 10.6. The summed E-state index contributed by atoms with van der Waals surface area (Å²) in [7, 11) is 0. The van der Waals surface area contributed by atoms with E-state index in [2.05, 4.69) is 28.5 Å². The molecule has 1 fully saturated rings. The lowest BCUT2D eigenvalue weighted by Crippen LogP contribution is -2.26. The van der Waals surface area contributed by atoms with Crippen LogP contribution in [-0.2, 0) is 0 Å². The Balaban J connectivity index is 1.54. The van der Waals surface area contributed by atoms with Crippen LogP contribution in [0.5, 0.6) is 0 Å². The van der Waals surface area contributed by atoms with Gasteiger partial charge in [0.2, 0.25) is 0 Å². The monoisotopic (exact) mass is 432 g/mol. The predicted octanol–water partition coefficient (Wildman–Crippen LogP) is 5.36. The van der Waals surface area contributed by atoms with Crippen LogP contribution in [0.2, 0.25) is 5.02 Å². The maximum Gasteiger partial charge on any atom is 0.177 e. The van der Waals surface area contributed by atoms with Crippen LogP contribution in [0.3, 0.4) is 0 Å². The Morgan fingerprint density at radius 2 is 1.74 bits per heavy atom. The van der Waals surface area contributed by atoms with Crippen molar-refractivity contribution < 1.29 is 0 Å². The summed E-state index contributed by atoms with van der Waals surface area (Å²) in [6.07, 6.45) is 7.53. The van der Waals surface area contributed by atoms with E-state index < -0.39 is 0 Å². The van der Waals surface area contributed by atoms with E-state index in [0.717, 1.165) is 53.9 Å². The second kappa shape index (κ2) is 8.21. The Kier molecular flexibility index (Phi) is 5.26. The van der Waals surface area contributed by atoms with Gasteiger partial charge in [0.05, 0.1) is 5.69 Å². The largest absolute Gasteiger partial charge is 0.395 e. The molecule has 158 valence electrons. The minimum Gasteiger partial charge on any atom is -0.395 e.